The Labute approximate surface area is 63.8 Å². The van der Waals surface area contributed by atoms with Crippen LogP contribution in [0.1, 0.15) is 13.8 Å². The average Bonchev–Trinajstić information content (AvgIpc) is 1.85. The van der Waals surface area contributed by atoms with E-state index in [-0.39, 0.29) is 5.23 Å². The van der Waals surface area contributed by atoms with E-state index in [0.717, 1.165) is 0 Å². The Morgan fingerprint density at radius 1 is 1.55 bits per heavy atom. The van der Waals surface area contributed by atoms with Gasteiger partial charge in [0, 0.05) is 0 Å². The van der Waals surface area contributed by atoms with Crippen molar-refractivity contribution in [3.05, 3.63) is 0 Å². The number of carbonyl (C=O) groups is 1. The SMILES string of the molecule is CC(C)(C(N)C(=O)O)N(O)O. The Hall–Kier alpha value is -0.690. The molecule has 6 nitrogen and oxygen atoms in total. The number of nitrogens with two attached hydrogens (primary N) is 1. The van der Waals surface area contributed by atoms with Crippen LogP contribution in [0.2, 0.25) is 0 Å². The van der Waals surface area contributed by atoms with Crippen molar-refractivity contribution in [2.24, 2.45) is 5.73 Å². The van der Waals surface area contributed by atoms with Gasteiger partial charge in [-0.1, -0.05) is 5.23 Å². The molecule has 0 fully saturated rings. The lowest BCUT2D eigenvalue weighted by atomic mass is 9.96. The third kappa shape index (κ3) is 2.12. The summed E-state index contributed by atoms with van der Waals surface area (Å²) in [5.41, 5.74) is 3.74. The smallest absolute Gasteiger partial charge is 0.322 e. The van der Waals surface area contributed by atoms with Crippen LogP contribution < -0.4 is 5.73 Å². The standard InChI is InChI=1S/C5H12N2O4/c1-5(2,7(10)11)3(6)4(8)9/h3,10-11H,6H2,1-2H3,(H,8,9). The number of carboxylic acids is 1. The van der Waals surface area contributed by atoms with Gasteiger partial charge in [0.15, 0.2) is 0 Å². The topological polar surface area (TPSA) is 107 Å². The molecule has 0 bridgehead atoms. The minimum atomic E-state index is -1.40. The summed E-state index contributed by atoms with van der Waals surface area (Å²) in [6.07, 6.45) is 0. The van der Waals surface area contributed by atoms with E-state index >= 15 is 0 Å². The van der Waals surface area contributed by atoms with Crippen LogP contribution in [-0.2, 0) is 4.79 Å². The summed E-state index contributed by atoms with van der Waals surface area (Å²) < 4.78 is 0. The van der Waals surface area contributed by atoms with Gasteiger partial charge in [0.05, 0.1) is 5.54 Å². The molecule has 0 aromatic rings. The zero-order valence-electron chi connectivity index (χ0n) is 6.35. The molecule has 1 unspecified atom stereocenters. The molecule has 0 saturated heterocycles. The molecule has 0 spiro atoms. The minimum Gasteiger partial charge on any atom is -0.480 e. The Kier molecular flexibility index (Phi) is 2.94. The lowest BCUT2D eigenvalue weighted by molar-refractivity contribution is -0.358. The second kappa shape index (κ2) is 3.14. The number of carboxylic acid groups (broad SMARTS) is 1. The van der Waals surface area contributed by atoms with E-state index in [2.05, 4.69) is 0 Å². The predicted octanol–water partition coefficient (Wildman–Crippen LogP) is -0.743. The fourth-order valence-corrected chi connectivity index (χ4v) is 0.427. The van der Waals surface area contributed by atoms with Gasteiger partial charge in [0.2, 0.25) is 0 Å². The van der Waals surface area contributed by atoms with Gasteiger partial charge in [-0.3, -0.25) is 15.2 Å². The van der Waals surface area contributed by atoms with E-state index in [0.29, 0.717) is 0 Å². The van der Waals surface area contributed by atoms with Crippen LogP contribution in [0.25, 0.3) is 0 Å². The second-order valence-electron chi connectivity index (χ2n) is 2.76. The molecule has 0 aromatic carbocycles. The molecule has 0 heterocycles. The number of hydroxylamine groups is 2. The predicted molar refractivity (Wildman–Crippen MR) is 35.1 cm³/mol. The first-order valence-corrected chi connectivity index (χ1v) is 2.96. The number of hydrogen-bond acceptors (Lipinski definition) is 5. The Balaban J connectivity index is 4.41. The molecule has 0 aliphatic rings. The highest BCUT2D eigenvalue weighted by atomic mass is 16.8. The first-order chi connectivity index (χ1) is 4.80. The van der Waals surface area contributed by atoms with Crippen LogP contribution in [-0.4, -0.2) is 38.3 Å². The van der Waals surface area contributed by atoms with E-state index in [4.69, 9.17) is 21.3 Å². The molecule has 0 amide bonds. The second-order valence-corrected chi connectivity index (χ2v) is 2.76. The maximum absolute atomic E-state index is 10.3. The van der Waals surface area contributed by atoms with Crippen LogP contribution in [0.15, 0.2) is 0 Å². The summed E-state index contributed by atoms with van der Waals surface area (Å²) in [6, 6.07) is -1.35. The third-order valence-electron chi connectivity index (χ3n) is 1.54. The zero-order valence-corrected chi connectivity index (χ0v) is 6.35. The van der Waals surface area contributed by atoms with Crippen molar-refractivity contribution in [2.75, 3.05) is 0 Å². The molecule has 66 valence electrons. The van der Waals surface area contributed by atoms with Crippen molar-refractivity contribution in [3.8, 4) is 0 Å². The lowest BCUT2D eigenvalue weighted by Gasteiger charge is -2.31. The van der Waals surface area contributed by atoms with Crippen LogP contribution in [0.3, 0.4) is 0 Å². The van der Waals surface area contributed by atoms with Gasteiger partial charge < -0.3 is 10.8 Å². The third-order valence-corrected chi connectivity index (χ3v) is 1.54. The summed E-state index contributed by atoms with van der Waals surface area (Å²) in [5.74, 6) is -1.29. The van der Waals surface area contributed by atoms with E-state index in [1.165, 1.54) is 13.8 Å². The first kappa shape index (κ1) is 10.3. The molecule has 6 heteroatoms. The highest BCUT2D eigenvalue weighted by Gasteiger charge is 2.37. The van der Waals surface area contributed by atoms with Crippen molar-refractivity contribution >= 4 is 5.97 Å². The monoisotopic (exact) mass is 164 g/mol. The van der Waals surface area contributed by atoms with Crippen LogP contribution in [0.5, 0.6) is 0 Å². The van der Waals surface area contributed by atoms with Gasteiger partial charge in [-0.15, -0.1) is 0 Å². The van der Waals surface area contributed by atoms with Gasteiger partial charge in [-0.05, 0) is 13.8 Å². The molecular weight excluding hydrogens is 152 g/mol. The summed E-state index contributed by atoms with van der Waals surface area (Å²) in [5, 5.41) is 25.3. The number of aliphatic carboxylic acids is 1. The number of hydrogen-bond donors (Lipinski definition) is 4. The van der Waals surface area contributed by atoms with Gasteiger partial charge in [-0.2, -0.15) is 0 Å². The van der Waals surface area contributed by atoms with E-state index in [1.54, 1.807) is 0 Å². The Morgan fingerprint density at radius 3 is 2.00 bits per heavy atom. The molecule has 0 rings (SSSR count). The first-order valence-electron chi connectivity index (χ1n) is 2.96. The highest BCUT2D eigenvalue weighted by molar-refractivity contribution is 5.74. The van der Waals surface area contributed by atoms with Crippen LogP contribution >= 0.6 is 0 Å². The normalized spacial score (nSPS) is 15.1. The molecule has 0 aliphatic carbocycles. The summed E-state index contributed by atoms with van der Waals surface area (Å²) in [6.45, 7) is 2.59. The fraction of sp³-hybridized carbons (Fsp3) is 0.800. The van der Waals surface area contributed by atoms with Crippen molar-refractivity contribution < 1.29 is 20.3 Å². The molecule has 1 atom stereocenters. The van der Waals surface area contributed by atoms with Crippen molar-refractivity contribution in [1.29, 1.82) is 0 Å². The van der Waals surface area contributed by atoms with Crippen molar-refractivity contribution in [2.45, 2.75) is 25.4 Å². The van der Waals surface area contributed by atoms with Gasteiger partial charge in [0.1, 0.15) is 6.04 Å². The number of nitrogens with zero attached hydrogens (tertiary/aromatic N) is 1. The average molecular weight is 164 g/mol. The molecule has 5 N–H and O–H groups in total. The summed E-state index contributed by atoms with van der Waals surface area (Å²) in [7, 11) is 0. The Bertz CT molecular complexity index is 157. The largest absolute Gasteiger partial charge is 0.480 e. The van der Waals surface area contributed by atoms with Gasteiger partial charge in [-0.25, -0.2) is 0 Å². The zero-order chi connectivity index (χ0) is 9.23. The highest BCUT2D eigenvalue weighted by Crippen LogP contribution is 2.13. The summed E-state index contributed by atoms with van der Waals surface area (Å²) >= 11 is 0. The van der Waals surface area contributed by atoms with Gasteiger partial charge >= 0.3 is 5.97 Å². The van der Waals surface area contributed by atoms with Crippen molar-refractivity contribution in [1.82, 2.24) is 5.23 Å². The lowest BCUT2D eigenvalue weighted by Crippen LogP contribution is -2.57. The maximum atomic E-state index is 10.3. The maximum Gasteiger partial charge on any atom is 0.322 e. The summed E-state index contributed by atoms with van der Waals surface area (Å²) in [4.78, 5) is 10.3. The molecular formula is C5H12N2O4. The fourth-order valence-electron chi connectivity index (χ4n) is 0.427. The quantitative estimate of drug-likeness (QED) is 0.409. The molecule has 0 saturated carbocycles. The van der Waals surface area contributed by atoms with Crippen molar-refractivity contribution in [3.63, 3.8) is 0 Å². The van der Waals surface area contributed by atoms with E-state index in [1.807, 2.05) is 0 Å². The Morgan fingerprint density at radius 2 is 1.91 bits per heavy atom. The van der Waals surface area contributed by atoms with Gasteiger partial charge in [0.25, 0.3) is 0 Å². The molecule has 0 aliphatic heterocycles. The molecule has 0 radical (unpaired) electrons. The minimum absolute atomic E-state index is 0.203. The van der Waals surface area contributed by atoms with Crippen LogP contribution in [0, 0.1) is 0 Å². The molecule has 0 aromatic heterocycles. The number of rotatable bonds is 3. The molecule has 11 heavy (non-hydrogen) atoms. The van der Waals surface area contributed by atoms with E-state index < -0.39 is 17.6 Å². The van der Waals surface area contributed by atoms with Crippen LogP contribution in [0.4, 0.5) is 0 Å². The van der Waals surface area contributed by atoms with E-state index in [9.17, 15) is 4.79 Å².